The van der Waals surface area contributed by atoms with Gasteiger partial charge in [0.2, 0.25) is 0 Å². The molecule has 0 radical (unpaired) electrons. The molecule has 0 unspecified atom stereocenters. The molecular formula is C8H6O8S2. The molecule has 0 aliphatic carbocycles. The monoisotopic (exact) mass is 294 g/mol. The average molecular weight is 294 g/mol. The van der Waals surface area contributed by atoms with Gasteiger partial charge in [-0.15, -0.1) is 0 Å². The van der Waals surface area contributed by atoms with E-state index in [2.05, 4.69) is 0 Å². The first-order chi connectivity index (χ1) is 8.03. The van der Waals surface area contributed by atoms with Crippen molar-refractivity contribution < 1.29 is 35.5 Å². The molecule has 0 atom stereocenters. The fourth-order valence-electron chi connectivity index (χ4n) is 1.07. The van der Waals surface area contributed by atoms with Crippen LogP contribution in [0.2, 0.25) is 0 Å². The van der Waals surface area contributed by atoms with Gasteiger partial charge in [-0.25, -0.2) is 0 Å². The molecule has 0 spiro atoms. The smallest absolute Gasteiger partial charge is 0.279 e. The van der Waals surface area contributed by atoms with Crippen LogP contribution in [0, 0.1) is 0 Å². The van der Waals surface area contributed by atoms with Crippen molar-refractivity contribution in [2.45, 2.75) is 0 Å². The second-order valence-corrected chi connectivity index (χ2v) is 5.75. The second-order valence-electron chi connectivity index (χ2n) is 3.11. The van der Waals surface area contributed by atoms with Crippen LogP contribution in [-0.2, 0) is 20.2 Å². The van der Waals surface area contributed by atoms with E-state index in [-0.39, 0.29) is 0 Å². The van der Waals surface area contributed by atoms with Crippen LogP contribution in [0.25, 0.3) is 0 Å². The predicted octanol–water partition coefficient (Wildman–Crippen LogP) is -0.257. The lowest BCUT2D eigenvalue weighted by Gasteiger charge is -2.00. The summed E-state index contributed by atoms with van der Waals surface area (Å²) in [5.74, 6) is 0. The molecule has 0 bridgehead atoms. The Morgan fingerprint density at radius 3 is 1.44 bits per heavy atom. The highest BCUT2D eigenvalue weighted by atomic mass is 32.2. The SMILES string of the molecule is O=C(c1cccc(C(=O)S(=O)(=O)O)c1)S(=O)(=O)O. The zero-order valence-electron chi connectivity index (χ0n) is 8.47. The van der Waals surface area contributed by atoms with Crippen molar-refractivity contribution in [1.82, 2.24) is 0 Å². The van der Waals surface area contributed by atoms with Crippen molar-refractivity contribution in [3.05, 3.63) is 35.4 Å². The third-order valence-corrected chi connectivity index (χ3v) is 3.21. The molecule has 0 aromatic heterocycles. The standard InChI is InChI=1S/C8H6O8S2/c9-7(17(11,12)13)5-2-1-3-6(4-5)8(10)18(14,15)16/h1-4H,(H,11,12,13)(H,14,15,16). The molecule has 0 saturated heterocycles. The number of rotatable bonds is 2. The van der Waals surface area contributed by atoms with Crippen molar-refractivity contribution in [2.24, 2.45) is 0 Å². The predicted molar refractivity (Wildman–Crippen MR) is 58.2 cm³/mol. The molecule has 0 aliphatic heterocycles. The van der Waals surface area contributed by atoms with Crippen molar-refractivity contribution in [3.63, 3.8) is 0 Å². The molecule has 18 heavy (non-hydrogen) atoms. The van der Waals surface area contributed by atoms with Gasteiger partial charge >= 0.3 is 30.5 Å². The van der Waals surface area contributed by atoms with E-state index in [4.69, 9.17) is 9.11 Å². The highest BCUT2D eigenvalue weighted by Gasteiger charge is 2.25. The van der Waals surface area contributed by atoms with Crippen LogP contribution in [0.5, 0.6) is 0 Å². The highest BCUT2D eigenvalue weighted by Crippen LogP contribution is 2.11. The molecule has 98 valence electrons. The van der Waals surface area contributed by atoms with Crippen molar-refractivity contribution in [3.8, 4) is 0 Å². The molecule has 1 aromatic rings. The van der Waals surface area contributed by atoms with E-state index in [0.717, 1.165) is 18.2 Å². The van der Waals surface area contributed by atoms with Gasteiger partial charge in [0, 0.05) is 11.1 Å². The summed E-state index contributed by atoms with van der Waals surface area (Å²) in [6.45, 7) is 0. The Labute approximate surface area is 102 Å². The average Bonchev–Trinajstić information content (AvgIpc) is 2.24. The maximum atomic E-state index is 11.1. The van der Waals surface area contributed by atoms with Crippen LogP contribution in [-0.4, -0.2) is 36.2 Å². The maximum absolute atomic E-state index is 11.1. The Bertz CT molecular complexity index is 654. The summed E-state index contributed by atoms with van der Waals surface area (Å²) in [7, 11) is -9.99. The molecule has 0 amide bonds. The summed E-state index contributed by atoms with van der Waals surface area (Å²) in [6, 6.07) is 3.57. The van der Waals surface area contributed by atoms with Gasteiger partial charge in [0.05, 0.1) is 0 Å². The molecule has 0 aliphatic rings. The Hall–Kier alpha value is -1.62. The van der Waals surface area contributed by atoms with Gasteiger partial charge in [-0.2, -0.15) is 16.8 Å². The molecule has 10 heteroatoms. The first kappa shape index (κ1) is 14.4. The Morgan fingerprint density at radius 1 is 0.833 bits per heavy atom. The van der Waals surface area contributed by atoms with E-state index in [1.165, 1.54) is 0 Å². The number of carbonyl (C=O) groups excluding carboxylic acids is 2. The maximum Gasteiger partial charge on any atom is 0.333 e. The summed E-state index contributed by atoms with van der Waals surface area (Å²) < 4.78 is 59.3. The number of hydrogen-bond donors (Lipinski definition) is 2. The van der Waals surface area contributed by atoms with E-state index in [1.54, 1.807) is 0 Å². The summed E-state index contributed by atoms with van der Waals surface area (Å²) in [5, 5.41) is -3.38. The lowest BCUT2D eigenvalue weighted by atomic mass is 10.1. The van der Waals surface area contributed by atoms with Crippen LogP contribution in [0.3, 0.4) is 0 Å². The minimum absolute atomic E-state index is 0.605. The van der Waals surface area contributed by atoms with E-state index in [0.29, 0.717) is 6.07 Å². The number of hydrogen-bond acceptors (Lipinski definition) is 6. The largest absolute Gasteiger partial charge is 0.333 e. The summed E-state index contributed by atoms with van der Waals surface area (Å²) in [4.78, 5) is 22.3. The Balaban J connectivity index is 3.32. The quantitative estimate of drug-likeness (QED) is 0.710. The van der Waals surface area contributed by atoms with Gasteiger partial charge < -0.3 is 0 Å². The van der Waals surface area contributed by atoms with Crippen molar-refractivity contribution in [1.29, 1.82) is 0 Å². The lowest BCUT2D eigenvalue weighted by Crippen LogP contribution is -2.16. The van der Waals surface area contributed by atoms with Gasteiger partial charge in [0.25, 0.3) is 0 Å². The minimum Gasteiger partial charge on any atom is -0.279 e. The lowest BCUT2D eigenvalue weighted by molar-refractivity contribution is 0.106. The van der Waals surface area contributed by atoms with Crippen LogP contribution in [0.4, 0.5) is 0 Å². The minimum atomic E-state index is -5.00. The molecule has 8 nitrogen and oxygen atoms in total. The molecule has 0 heterocycles. The molecule has 2 N–H and O–H groups in total. The summed E-state index contributed by atoms with van der Waals surface area (Å²) >= 11 is 0. The molecule has 0 saturated carbocycles. The molecule has 1 aromatic carbocycles. The second kappa shape index (κ2) is 4.57. The van der Waals surface area contributed by atoms with Gasteiger partial charge in [-0.1, -0.05) is 18.2 Å². The third kappa shape index (κ3) is 3.20. The highest BCUT2D eigenvalue weighted by molar-refractivity contribution is 8.02. The summed E-state index contributed by atoms with van der Waals surface area (Å²) in [6.07, 6.45) is 0. The topological polar surface area (TPSA) is 143 Å². The van der Waals surface area contributed by atoms with E-state index >= 15 is 0 Å². The van der Waals surface area contributed by atoms with Gasteiger partial charge in [0.1, 0.15) is 0 Å². The Kier molecular flexibility index (Phi) is 3.67. The summed E-state index contributed by atoms with van der Waals surface area (Å²) in [5.41, 5.74) is -1.21. The van der Waals surface area contributed by atoms with Gasteiger partial charge in [0.15, 0.2) is 0 Å². The Morgan fingerprint density at radius 2 is 1.17 bits per heavy atom. The first-order valence-electron chi connectivity index (χ1n) is 4.17. The zero-order chi connectivity index (χ0) is 14.1. The van der Waals surface area contributed by atoms with Gasteiger partial charge in [-0.3, -0.25) is 18.7 Å². The molecular weight excluding hydrogens is 288 g/mol. The normalized spacial score (nSPS) is 12.1. The number of benzene rings is 1. The fraction of sp³-hybridized carbons (Fsp3) is 0. The first-order valence-corrected chi connectivity index (χ1v) is 7.05. The number of carbonyl (C=O) groups is 2. The van der Waals surface area contributed by atoms with Crippen molar-refractivity contribution >= 4 is 30.5 Å². The van der Waals surface area contributed by atoms with E-state index < -0.39 is 41.6 Å². The van der Waals surface area contributed by atoms with Crippen molar-refractivity contribution in [2.75, 3.05) is 0 Å². The zero-order valence-corrected chi connectivity index (χ0v) is 10.1. The van der Waals surface area contributed by atoms with E-state index in [1.807, 2.05) is 0 Å². The van der Waals surface area contributed by atoms with Crippen LogP contribution in [0.15, 0.2) is 24.3 Å². The molecule has 1 rings (SSSR count). The van der Waals surface area contributed by atoms with Gasteiger partial charge in [-0.05, 0) is 6.07 Å². The third-order valence-electron chi connectivity index (χ3n) is 1.80. The van der Waals surface area contributed by atoms with E-state index in [9.17, 15) is 26.4 Å². The van der Waals surface area contributed by atoms with Crippen LogP contribution < -0.4 is 0 Å². The fourth-order valence-corrected chi connectivity index (χ4v) is 1.92. The van der Waals surface area contributed by atoms with Crippen LogP contribution >= 0.6 is 0 Å². The molecule has 0 fully saturated rings. The van der Waals surface area contributed by atoms with Crippen LogP contribution in [0.1, 0.15) is 20.7 Å².